The molecule has 0 bridgehead atoms. The highest BCUT2D eigenvalue weighted by Gasteiger charge is 2.22. The van der Waals surface area contributed by atoms with Crippen LogP contribution in [0.15, 0.2) is 22.8 Å². The second kappa shape index (κ2) is 6.58. The zero-order valence-electron chi connectivity index (χ0n) is 11.0. The number of hydrogen-bond donors (Lipinski definition) is 1. The minimum absolute atomic E-state index is 0.121. The van der Waals surface area contributed by atoms with E-state index in [1.807, 2.05) is 0 Å². The number of likely N-dealkylation sites (N-methyl/N-ethyl adjacent to an activating group) is 1. The van der Waals surface area contributed by atoms with Gasteiger partial charge in [-0.1, -0.05) is 0 Å². The van der Waals surface area contributed by atoms with Crippen LogP contribution in [0.2, 0.25) is 0 Å². The lowest BCUT2D eigenvalue weighted by atomic mass is 10.2. The minimum Gasteiger partial charge on any atom is -0.468 e. The number of carbonyl (C=O) groups is 3. The highest BCUT2D eigenvalue weighted by Crippen LogP contribution is 2.01. The van der Waals surface area contributed by atoms with E-state index in [-0.39, 0.29) is 12.3 Å². The van der Waals surface area contributed by atoms with Crippen LogP contribution in [0.5, 0.6) is 0 Å². The van der Waals surface area contributed by atoms with Crippen LogP contribution in [-0.2, 0) is 14.3 Å². The van der Waals surface area contributed by atoms with Crippen molar-refractivity contribution in [3.8, 4) is 0 Å². The molecule has 7 nitrogen and oxygen atoms in total. The Bertz CT molecular complexity index is 455. The van der Waals surface area contributed by atoms with E-state index in [0.717, 1.165) is 0 Å². The van der Waals surface area contributed by atoms with E-state index >= 15 is 0 Å². The first-order chi connectivity index (χ1) is 8.95. The normalized spacial score (nSPS) is 11.5. The van der Waals surface area contributed by atoms with Gasteiger partial charge < -0.3 is 19.4 Å². The number of furan rings is 1. The Morgan fingerprint density at radius 2 is 2.16 bits per heavy atom. The van der Waals surface area contributed by atoms with Crippen molar-refractivity contribution in [1.29, 1.82) is 0 Å². The molecule has 1 rings (SSSR count). The summed E-state index contributed by atoms with van der Waals surface area (Å²) in [6.07, 6.45) is 1.37. The fourth-order valence-corrected chi connectivity index (χ4v) is 1.40. The number of amides is 2. The molecule has 0 fully saturated rings. The monoisotopic (exact) mass is 268 g/mol. The highest BCUT2D eigenvalue weighted by molar-refractivity contribution is 5.95. The second-order valence-corrected chi connectivity index (χ2v) is 3.94. The fraction of sp³-hybridized carbons (Fsp3) is 0.417. The molecular weight excluding hydrogens is 252 g/mol. The molecule has 104 valence electrons. The van der Waals surface area contributed by atoms with Crippen LogP contribution in [-0.4, -0.2) is 49.4 Å². The van der Waals surface area contributed by atoms with E-state index in [4.69, 9.17) is 4.42 Å². The van der Waals surface area contributed by atoms with Crippen LogP contribution in [0.3, 0.4) is 0 Å². The third kappa shape index (κ3) is 4.13. The standard InChI is InChI=1S/C12H16N2O5/c1-8(12(17)14(2)7-10(15)18-3)13-11(16)9-5-4-6-19-9/h4-6,8H,7H2,1-3H3,(H,13,16). The summed E-state index contributed by atoms with van der Waals surface area (Å²) in [6, 6.07) is 2.29. The zero-order chi connectivity index (χ0) is 14.4. The predicted molar refractivity (Wildman–Crippen MR) is 65.3 cm³/mol. The summed E-state index contributed by atoms with van der Waals surface area (Å²) in [5.74, 6) is -1.29. The number of methoxy groups -OCH3 is 1. The van der Waals surface area contributed by atoms with Gasteiger partial charge >= 0.3 is 5.97 Å². The zero-order valence-corrected chi connectivity index (χ0v) is 11.0. The van der Waals surface area contributed by atoms with E-state index in [2.05, 4.69) is 10.1 Å². The molecule has 0 aromatic carbocycles. The molecular formula is C12H16N2O5. The van der Waals surface area contributed by atoms with Crippen molar-refractivity contribution in [3.63, 3.8) is 0 Å². The molecule has 0 aliphatic heterocycles. The highest BCUT2D eigenvalue weighted by atomic mass is 16.5. The number of hydrogen-bond acceptors (Lipinski definition) is 5. The van der Waals surface area contributed by atoms with Gasteiger partial charge in [0.1, 0.15) is 12.6 Å². The number of nitrogens with zero attached hydrogens (tertiary/aromatic N) is 1. The van der Waals surface area contributed by atoms with Crippen LogP contribution in [0.4, 0.5) is 0 Å². The van der Waals surface area contributed by atoms with Crippen molar-refractivity contribution in [1.82, 2.24) is 10.2 Å². The maximum Gasteiger partial charge on any atom is 0.325 e. The maximum atomic E-state index is 11.9. The first-order valence-corrected chi connectivity index (χ1v) is 5.62. The largest absolute Gasteiger partial charge is 0.468 e. The van der Waals surface area contributed by atoms with Gasteiger partial charge in [-0.15, -0.1) is 0 Å². The number of carbonyl (C=O) groups excluding carboxylic acids is 3. The van der Waals surface area contributed by atoms with E-state index < -0.39 is 23.8 Å². The van der Waals surface area contributed by atoms with Gasteiger partial charge in [0.15, 0.2) is 5.76 Å². The lowest BCUT2D eigenvalue weighted by molar-refractivity contribution is -0.146. The molecule has 1 aromatic rings. The van der Waals surface area contributed by atoms with Gasteiger partial charge in [0.2, 0.25) is 5.91 Å². The van der Waals surface area contributed by atoms with E-state index in [1.165, 1.54) is 38.3 Å². The average Bonchev–Trinajstić information content (AvgIpc) is 2.91. The van der Waals surface area contributed by atoms with Crippen LogP contribution in [0.25, 0.3) is 0 Å². The SMILES string of the molecule is COC(=O)CN(C)C(=O)C(C)NC(=O)c1ccco1. The van der Waals surface area contributed by atoms with Gasteiger partial charge in [0, 0.05) is 7.05 Å². The molecule has 1 atom stereocenters. The van der Waals surface area contributed by atoms with Gasteiger partial charge in [0.25, 0.3) is 5.91 Å². The molecule has 0 aliphatic rings. The second-order valence-electron chi connectivity index (χ2n) is 3.94. The van der Waals surface area contributed by atoms with Crippen molar-refractivity contribution < 1.29 is 23.5 Å². The Morgan fingerprint density at radius 3 is 2.68 bits per heavy atom. The number of nitrogens with one attached hydrogen (secondary N) is 1. The van der Waals surface area contributed by atoms with E-state index in [0.29, 0.717) is 0 Å². The smallest absolute Gasteiger partial charge is 0.325 e. The van der Waals surface area contributed by atoms with Gasteiger partial charge in [-0.2, -0.15) is 0 Å². The van der Waals surface area contributed by atoms with Crippen molar-refractivity contribution in [2.24, 2.45) is 0 Å². The number of ether oxygens (including phenoxy) is 1. The van der Waals surface area contributed by atoms with Gasteiger partial charge in [-0.25, -0.2) is 0 Å². The molecule has 1 heterocycles. The van der Waals surface area contributed by atoms with Crippen molar-refractivity contribution in [2.45, 2.75) is 13.0 Å². The molecule has 7 heteroatoms. The Labute approximate surface area is 110 Å². The summed E-state index contributed by atoms with van der Waals surface area (Å²) in [7, 11) is 2.69. The van der Waals surface area contributed by atoms with Crippen molar-refractivity contribution >= 4 is 17.8 Å². The molecule has 0 spiro atoms. The summed E-state index contributed by atoms with van der Waals surface area (Å²) < 4.78 is 9.36. The molecule has 0 saturated heterocycles. The van der Waals surface area contributed by atoms with Gasteiger partial charge in [-0.3, -0.25) is 14.4 Å². The van der Waals surface area contributed by atoms with Crippen LogP contribution >= 0.6 is 0 Å². The molecule has 1 aromatic heterocycles. The Kier molecular flexibility index (Phi) is 5.11. The lowest BCUT2D eigenvalue weighted by Crippen LogP contribution is -2.46. The van der Waals surface area contributed by atoms with E-state index in [9.17, 15) is 14.4 Å². The molecule has 1 unspecified atom stereocenters. The van der Waals surface area contributed by atoms with E-state index in [1.54, 1.807) is 6.07 Å². The van der Waals surface area contributed by atoms with Gasteiger partial charge in [-0.05, 0) is 19.1 Å². The first-order valence-electron chi connectivity index (χ1n) is 5.62. The quantitative estimate of drug-likeness (QED) is 0.761. The average molecular weight is 268 g/mol. The summed E-state index contributed by atoms with van der Waals surface area (Å²) in [6.45, 7) is 1.35. The van der Waals surface area contributed by atoms with Crippen LogP contribution < -0.4 is 5.32 Å². The maximum absolute atomic E-state index is 11.9. The molecule has 19 heavy (non-hydrogen) atoms. The van der Waals surface area contributed by atoms with Gasteiger partial charge in [0.05, 0.1) is 13.4 Å². The molecule has 0 radical (unpaired) electrons. The molecule has 0 aliphatic carbocycles. The molecule has 2 amide bonds. The van der Waals surface area contributed by atoms with Crippen LogP contribution in [0.1, 0.15) is 17.5 Å². The number of esters is 1. The fourth-order valence-electron chi connectivity index (χ4n) is 1.40. The van der Waals surface area contributed by atoms with Crippen molar-refractivity contribution in [2.75, 3.05) is 20.7 Å². The summed E-state index contributed by atoms with van der Waals surface area (Å²) in [5, 5.41) is 2.48. The number of rotatable bonds is 5. The Hall–Kier alpha value is -2.31. The molecule has 1 N–H and O–H groups in total. The summed E-state index contributed by atoms with van der Waals surface area (Å²) in [4.78, 5) is 35.7. The predicted octanol–water partition coefficient (Wildman–Crippen LogP) is 0.0293. The lowest BCUT2D eigenvalue weighted by Gasteiger charge is -2.20. The molecule has 0 saturated carbocycles. The van der Waals surface area contributed by atoms with Crippen LogP contribution in [0, 0.1) is 0 Å². The summed E-state index contributed by atoms with van der Waals surface area (Å²) >= 11 is 0. The first kappa shape index (κ1) is 14.7. The Balaban J connectivity index is 2.53. The Morgan fingerprint density at radius 1 is 1.47 bits per heavy atom. The summed E-state index contributed by atoms with van der Waals surface area (Å²) in [5.41, 5.74) is 0. The third-order valence-corrected chi connectivity index (χ3v) is 2.43. The van der Waals surface area contributed by atoms with Crippen molar-refractivity contribution in [3.05, 3.63) is 24.2 Å². The minimum atomic E-state index is -0.771. The third-order valence-electron chi connectivity index (χ3n) is 2.43. The topological polar surface area (TPSA) is 88.9 Å².